The van der Waals surface area contributed by atoms with Gasteiger partial charge in [0.25, 0.3) is 0 Å². The van der Waals surface area contributed by atoms with Gasteiger partial charge in [-0.1, -0.05) is 6.92 Å². The van der Waals surface area contributed by atoms with Gasteiger partial charge in [-0.3, -0.25) is 14.4 Å². The first kappa shape index (κ1) is 16.9. The maximum absolute atomic E-state index is 11.6. The Morgan fingerprint density at radius 3 is 2.11 bits per heavy atom. The molecule has 0 heterocycles. The number of hydrogen-bond acceptors (Lipinski definition) is 4. The molecule has 108 valence electrons. The van der Waals surface area contributed by atoms with Crippen LogP contribution < -0.4 is 10.6 Å². The average Bonchev–Trinajstić information content (AvgIpc) is 2.32. The molecule has 0 aliphatic rings. The SMILES string of the molecule is CCC(=O)NC(C)C(=O)NC(CCC(=O)O)C(=O)O. The van der Waals surface area contributed by atoms with Crippen LogP contribution in [0.5, 0.6) is 0 Å². The van der Waals surface area contributed by atoms with Gasteiger partial charge in [0.15, 0.2) is 0 Å². The number of rotatable bonds is 8. The zero-order chi connectivity index (χ0) is 15.0. The number of amides is 2. The van der Waals surface area contributed by atoms with E-state index in [2.05, 4.69) is 10.6 Å². The number of carbonyl (C=O) groups excluding carboxylic acids is 2. The van der Waals surface area contributed by atoms with Crippen LogP contribution in [0.4, 0.5) is 0 Å². The van der Waals surface area contributed by atoms with Crippen molar-refractivity contribution in [3.05, 3.63) is 0 Å². The van der Waals surface area contributed by atoms with Crippen LogP contribution in [0.1, 0.15) is 33.1 Å². The van der Waals surface area contributed by atoms with E-state index in [1.54, 1.807) is 6.92 Å². The average molecular weight is 274 g/mol. The summed E-state index contributed by atoms with van der Waals surface area (Å²) in [4.78, 5) is 43.9. The van der Waals surface area contributed by atoms with E-state index in [4.69, 9.17) is 10.2 Å². The van der Waals surface area contributed by atoms with Gasteiger partial charge in [0, 0.05) is 12.8 Å². The zero-order valence-electron chi connectivity index (χ0n) is 10.8. The Kier molecular flexibility index (Phi) is 7.16. The van der Waals surface area contributed by atoms with Crippen LogP contribution in [0.25, 0.3) is 0 Å². The first-order chi connectivity index (χ1) is 8.77. The van der Waals surface area contributed by atoms with Gasteiger partial charge < -0.3 is 20.8 Å². The molecule has 8 heteroatoms. The summed E-state index contributed by atoms with van der Waals surface area (Å²) in [5.74, 6) is -3.46. The lowest BCUT2D eigenvalue weighted by molar-refractivity contribution is -0.143. The van der Waals surface area contributed by atoms with Gasteiger partial charge in [-0.15, -0.1) is 0 Å². The minimum atomic E-state index is -1.32. The van der Waals surface area contributed by atoms with E-state index in [1.165, 1.54) is 6.92 Å². The van der Waals surface area contributed by atoms with E-state index in [1.807, 2.05) is 0 Å². The molecule has 0 saturated carbocycles. The Labute approximate surface area is 110 Å². The van der Waals surface area contributed by atoms with Crippen molar-refractivity contribution in [1.29, 1.82) is 0 Å². The highest BCUT2D eigenvalue weighted by atomic mass is 16.4. The molecule has 0 spiro atoms. The highest BCUT2D eigenvalue weighted by Crippen LogP contribution is 1.99. The second kappa shape index (κ2) is 8.06. The van der Waals surface area contributed by atoms with Gasteiger partial charge in [-0.05, 0) is 13.3 Å². The third-order valence-corrected chi connectivity index (χ3v) is 2.35. The van der Waals surface area contributed by atoms with Crippen molar-refractivity contribution in [2.75, 3.05) is 0 Å². The molecule has 0 aromatic rings. The minimum absolute atomic E-state index is 0.207. The third-order valence-electron chi connectivity index (χ3n) is 2.35. The molecule has 8 nitrogen and oxygen atoms in total. The van der Waals surface area contributed by atoms with Crippen molar-refractivity contribution in [3.8, 4) is 0 Å². The lowest BCUT2D eigenvalue weighted by Gasteiger charge is -2.18. The Balaban J connectivity index is 4.41. The van der Waals surface area contributed by atoms with E-state index < -0.39 is 29.9 Å². The molecule has 2 atom stereocenters. The number of aliphatic carboxylic acids is 2. The predicted octanol–water partition coefficient (Wildman–Crippen LogP) is -0.665. The molecule has 0 fully saturated rings. The molecule has 0 aromatic carbocycles. The van der Waals surface area contributed by atoms with E-state index in [9.17, 15) is 19.2 Å². The molecular weight excluding hydrogens is 256 g/mol. The van der Waals surface area contributed by atoms with Crippen LogP contribution in [0.15, 0.2) is 0 Å². The third kappa shape index (κ3) is 7.02. The highest BCUT2D eigenvalue weighted by Gasteiger charge is 2.24. The highest BCUT2D eigenvalue weighted by molar-refractivity contribution is 5.90. The zero-order valence-corrected chi connectivity index (χ0v) is 10.8. The monoisotopic (exact) mass is 274 g/mol. The number of nitrogens with one attached hydrogen (secondary N) is 2. The van der Waals surface area contributed by atoms with Crippen LogP contribution in [0.2, 0.25) is 0 Å². The molecule has 0 radical (unpaired) electrons. The van der Waals surface area contributed by atoms with Crippen molar-refractivity contribution in [2.24, 2.45) is 0 Å². The first-order valence-corrected chi connectivity index (χ1v) is 5.82. The molecular formula is C11H18N2O6. The Morgan fingerprint density at radius 2 is 1.68 bits per heavy atom. The number of carboxylic acids is 2. The molecule has 0 aliphatic carbocycles. The van der Waals surface area contributed by atoms with Crippen LogP contribution in [-0.2, 0) is 19.2 Å². The van der Waals surface area contributed by atoms with Crippen LogP contribution in [0, 0.1) is 0 Å². The van der Waals surface area contributed by atoms with Gasteiger partial charge >= 0.3 is 11.9 Å². The smallest absolute Gasteiger partial charge is 0.326 e. The van der Waals surface area contributed by atoms with Gasteiger partial charge in [0.05, 0.1) is 0 Å². The van der Waals surface area contributed by atoms with Crippen LogP contribution in [-0.4, -0.2) is 46.0 Å². The number of carboxylic acid groups (broad SMARTS) is 2. The largest absolute Gasteiger partial charge is 0.481 e. The summed E-state index contributed by atoms with van der Waals surface area (Å²) in [6, 6.07) is -2.16. The Bertz CT molecular complexity index is 368. The molecule has 0 bridgehead atoms. The molecule has 0 saturated heterocycles. The summed E-state index contributed by atoms with van der Waals surface area (Å²) < 4.78 is 0. The standard InChI is InChI=1S/C11H18N2O6/c1-3-8(14)12-6(2)10(17)13-7(11(18)19)4-5-9(15)16/h6-7H,3-5H2,1-2H3,(H,12,14)(H,13,17)(H,15,16)(H,18,19). The van der Waals surface area contributed by atoms with E-state index >= 15 is 0 Å². The maximum atomic E-state index is 11.6. The Hall–Kier alpha value is -2.12. The van der Waals surface area contributed by atoms with E-state index in [0.29, 0.717) is 0 Å². The van der Waals surface area contributed by atoms with Gasteiger partial charge in [0.2, 0.25) is 11.8 Å². The summed E-state index contributed by atoms with van der Waals surface area (Å²) in [5.41, 5.74) is 0. The van der Waals surface area contributed by atoms with Gasteiger partial charge in [-0.25, -0.2) is 4.79 Å². The minimum Gasteiger partial charge on any atom is -0.481 e. The predicted molar refractivity (Wildman–Crippen MR) is 64.3 cm³/mol. The molecule has 19 heavy (non-hydrogen) atoms. The van der Waals surface area contributed by atoms with Gasteiger partial charge in [0.1, 0.15) is 12.1 Å². The topological polar surface area (TPSA) is 133 Å². The fourth-order valence-electron chi connectivity index (χ4n) is 1.23. The number of carbonyl (C=O) groups is 4. The molecule has 0 aromatic heterocycles. The summed E-state index contributed by atoms with van der Waals surface area (Å²) in [5, 5.41) is 21.9. The summed E-state index contributed by atoms with van der Waals surface area (Å²) in [6.45, 7) is 3.03. The molecule has 0 aliphatic heterocycles. The fourth-order valence-corrected chi connectivity index (χ4v) is 1.23. The molecule has 2 unspecified atom stereocenters. The van der Waals surface area contributed by atoms with Crippen molar-refractivity contribution >= 4 is 23.8 Å². The molecule has 0 rings (SSSR count). The lowest BCUT2D eigenvalue weighted by atomic mass is 10.1. The van der Waals surface area contributed by atoms with Crippen molar-refractivity contribution in [2.45, 2.75) is 45.2 Å². The second-order valence-electron chi connectivity index (χ2n) is 3.97. The lowest BCUT2D eigenvalue weighted by Crippen LogP contribution is -2.50. The van der Waals surface area contributed by atoms with Gasteiger partial charge in [-0.2, -0.15) is 0 Å². The summed E-state index contributed by atoms with van der Waals surface area (Å²) in [7, 11) is 0. The van der Waals surface area contributed by atoms with E-state index in [-0.39, 0.29) is 25.2 Å². The maximum Gasteiger partial charge on any atom is 0.326 e. The molecule has 2 amide bonds. The normalized spacial score (nSPS) is 13.2. The second-order valence-corrected chi connectivity index (χ2v) is 3.97. The molecule has 4 N–H and O–H groups in total. The van der Waals surface area contributed by atoms with Crippen LogP contribution in [0.3, 0.4) is 0 Å². The van der Waals surface area contributed by atoms with E-state index in [0.717, 1.165) is 0 Å². The quantitative estimate of drug-likeness (QED) is 0.464. The summed E-state index contributed by atoms with van der Waals surface area (Å²) >= 11 is 0. The fraction of sp³-hybridized carbons (Fsp3) is 0.636. The number of hydrogen-bond donors (Lipinski definition) is 4. The first-order valence-electron chi connectivity index (χ1n) is 5.82. The summed E-state index contributed by atoms with van der Waals surface area (Å²) in [6.07, 6.45) is -0.378. The van der Waals surface area contributed by atoms with Crippen molar-refractivity contribution < 1.29 is 29.4 Å². The Morgan fingerprint density at radius 1 is 1.11 bits per heavy atom. The van der Waals surface area contributed by atoms with Crippen molar-refractivity contribution in [1.82, 2.24) is 10.6 Å². The van der Waals surface area contributed by atoms with Crippen LogP contribution >= 0.6 is 0 Å². The van der Waals surface area contributed by atoms with Crippen molar-refractivity contribution in [3.63, 3.8) is 0 Å².